The molecule has 22 heavy (non-hydrogen) atoms. The van der Waals surface area contributed by atoms with Gasteiger partial charge < -0.3 is 10.5 Å². The molecule has 0 fully saturated rings. The van der Waals surface area contributed by atoms with E-state index < -0.39 is 11.9 Å². The van der Waals surface area contributed by atoms with Crippen molar-refractivity contribution in [2.75, 3.05) is 0 Å². The molecule has 0 heterocycles. The molecule has 0 saturated heterocycles. The van der Waals surface area contributed by atoms with Gasteiger partial charge in [0.15, 0.2) is 0 Å². The number of ether oxygens (including phenoxy) is 1. The van der Waals surface area contributed by atoms with E-state index in [0.717, 1.165) is 16.9 Å². The van der Waals surface area contributed by atoms with Gasteiger partial charge in [-0.15, -0.1) is 0 Å². The van der Waals surface area contributed by atoms with Crippen molar-refractivity contribution in [2.45, 2.75) is 26.5 Å². The minimum atomic E-state index is -0.516. The second kappa shape index (κ2) is 7.41. The van der Waals surface area contributed by atoms with Crippen molar-refractivity contribution in [3.05, 3.63) is 65.2 Å². The highest BCUT2D eigenvalue weighted by Gasteiger charge is 2.03. The molecule has 0 spiro atoms. The molecule has 2 aromatic carbocycles. The summed E-state index contributed by atoms with van der Waals surface area (Å²) < 4.78 is 5.75. The van der Waals surface area contributed by atoms with Gasteiger partial charge in [0, 0.05) is 6.21 Å². The van der Waals surface area contributed by atoms with Crippen LogP contribution in [0.4, 0.5) is 0 Å². The molecule has 114 valence electrons. The standard InChI is InChI=1S/C18H20N2O2/c1-13-4-3-5-16(10-13)12-22-17-8-6-15(7-9-17)11-20-14(2)18(19)21/h3-11,14H,12H2,1-2H3,(H2,19,21)/t14-/m0/s1. The molecule has 2 aromatic rings. The van der Waals surface area contributed by atoms with Crippen LogP contribution in [-0.2, 0) is 11.4 Å². The predicted octanol–water partition coefficient (Wildman–Crippen LogP) is 2.87. The first kappa shape index (κ1) is 15.8. The van der Waals surface area contributed by atoms with Crippen LogP contribution in [0.5, 0.6) is 5.75 Å². The van der Waals surface area contributed by atoms with Gasteiger partial charge in [-0.25, -0.2) is 0 Å². The van der Waals surface area contributed by atoms with E-state index in [1.54, 1.807) is 13.1 Å². The molecule has 0 saturated carbocycles. The molecule has 1 atom stereocenters. The zero-order chi connectivity index (χ0) is 15.9. The number of hydrogen-bond acceptors (Lipinski definition) is 3. The van der Waals surface area contributed by atoms with Gasteiger partial charge in [0.2, 0.25) is 5.91 Å². The molecule has 0 radical (unpaired) electrons. The Hall–Kier alpha value is -2.62. The number of rotatable bonds is 6. The van der Waals surface area contributed by atoms with E-state index >= 15 is 0 Å². The second-order valence-corrected chi connectivity index (χ2v) is 5.20. The topological polar surface area (TPSA) is 64.7 Å². The van der Waals surface area contributed by atoms with Crippen molar-refractivity contribution in [1.29, 1.82) is 0 Å². The van der Waals surface area contributed by atoms with Gasteiger partial charge in [-0.3, -0.25) is 9.79 Å². The first-order valence-electron chi connectivity index (χ1n) is 7.15. The molecule has 4 nitrogen and oxygen atoms in total. The summed E-state index contributed by atoms with van der Waals surface area (Å²) in [6.07, 6.45) is 1.64. The van der Waals surface area contributed by atoms with Crippen molar-refractivity contribution in [3.63, 3.8) is 0 Å². The van der Waals surface area contributed by atoms with Crippen LogP contribution in [0.3, 0.4) is 0 Å². The first-order chi connectivity index (χ1) is 10.5. The van der Waals surface area contributed by atoms with Crippen LogP contribution in [-0.4, -0.2) is 18.2 Å². The van der Waals surface area contributed by atoms with Gasteiger partial charge in [-0.2, -0.15) is 0 Å². The zero-order valence-electron chi connectivity index (χ0n) is 12.8. The first-order valence-corrected chi connectivity index (χ1v) is 7.15. The molecular weight excluding hydrogens is 276 g/mol. The number of nitrogens with two attached hydrogens (primary N) is 1. The quantitative estimate of drug-likeness (QED) is 0.833. The molecule has 2 N–H and O–H groups in total. The van der Waals surface area contributed by atoms with Gasteiger partial charge in [-0.05, 0) is 49.2 Å². The maximum Gasteiger partial charge on any atom is 0.241 e. The third-order valence-electron chi connectivity index (χ3n) is 3.23. The zero-order valence-corrected chi connectivity index (χ0v) is 12.8. The largest absolute Gasteiger partial charge is 0.489 e. The number of carbonyl (C=O) groups excluding carboxylic acids is 1. The van der Waals surface area contributed by atoms with Crippen LogP contribution in [0.1, 0.15) is 23.6 Å². The highest BCUT2D eigenvalue weighted by atomic mass is 16.5. The smallest absolute Gasteiger partial charge is 0.241 e. The molecule has 0 aliphatic rings. The summed E-state index contributed by atoms with van der Waals surface area (Å²) in [6.45, 7) is 4.26. The normalized spacial score (nSPS) is 12.3. The number of nitrogens with zero attached hydrogens (tertiary/aromatic N) is 1. The van der Waals surface area contributed by atoms with E-state index in [0.29, 0.717) is 6.61 Å². The number of benzene rings is 2. The predicted molar refractivity (Wildman–Crippen MR) is 88.2 cm³/mol. The van der Waals surface area contributed by atoms with Gasteiger partial charge in [0.1, 0.15) is 18.4 Å². The fourth-order valence-electron chi connectivity index (χ4n) is 1.89. The highest BCUT2D eigenvalue weighted by molar-refractivity contribution is 5.85. The summed E-state index contributed by atoms with van der Waals surface area (Å²) in [6, 6.07) is 15.3. The summed E-state index contributed by atoms with van der Waals surface area (Å²) in [5.74, 6) is 0.357. The van der Waals surface area contributed by atoms with E-state index in [9.17, 15) is 4.79 Å². The average Bonchev–Trinajstić information content (AvgIpc) is 2.51. The minimum absolute atomic E-state index is 0.436. The summed E-state index contributed by atoms with van der Waals surface area (Å²) in [7, 11) is 0. The lowest BCUT2D eigenvalue weighted by atomic mass is 10.1. The number of hydrogen-bond donors (Lipinski definition) is 1. The highest BCUT2D eigenvalue weighted by Crippen LogP contribution is 2.14. The summed E-state index contributed by atoms with van der Waals surface area (Å²) in [5.41, 5.74) is 8.41. The van der Waals surface area contributed by atoms with Crippen molar-refractivity contribution in [3.8, 4) is 5.75 Å². The van der Waals surface area contributed by atoms with Crippen molar-refractivity contribution in [2.24, 2.45) is 10.7 Å². The molecule has 0 bridgehead atoms. The molecular formula is C18H20N2O2. The lowest BCUT2D eigenvalue weighted by Gasteiger charge is -2.07. The molecule has 0 unspecified atom stereocenters. The second-order valence-electron chi connectivity index (χ2n) is 5.20. The Balaban J connectivity index is 1.93. The third-order valence-corrected chi connectivity index (χ3v) is 3.23. The third kappa shape index (κ3) is 4.74. The minimum Gasteiger partial charge on any atom is -0.489 e. The van der Waals surface area contributed by atoms with Crippen LogP contribution < -0.4 is 10.5 Å². The Bertz CT molecular complexity index is 663. The van der Waals surface area contributed by atoms with E-state index in [1.807, 2.05) is 36.4 Å². The van der Waals surface area contributed by atoms with Crippen LogP contribution in [0.25, 0.3) is 0 Å². The average molecular weight is 296 g/mol. The van der Waals surface area contributed by atoms with Crippen molar-refractivity contribution < 1.29 is 9.53 Å². The van der Waals surface area contributed by atoms with Gasteiger partial charge in [0.25, 0.3) is 0 Å². The Morgan fingerprint density at radius 2 is 2.00 bits per heavy atom. The number of aliphatic imine (C=N–C) groups is 1. The SMILES string of the molecule is Cc1cccc(COc2ccc(C=N[C@@H](C)C(N)=O)cc2)c1. The molecule has 1 amide bonds. The Kier molecular flexibility index (Phi) is 5.31. The lowest BCUT2D eigenvalue weighted by Crippen LogP contribution is -2.23. The lowest BCUT2D eigenvalue weighted by molar-refractivity contribution is -0.118. The molecule has 4 heteroatoms. The van der Waals surface area contributed by atoms with E-state index in [1.165, 1.54) is 5.56 Å². The fraction of sp³-hybridized carbons (Fsp3) is 0.222. The maximum absolute atomic E-state index is 10.9. The van der Waals surface area contributed by atoms with E-state index in [4.69, 9.17) is 10.5 Å². The summed E-state index contributed by atoms with van der Waals surface area (Å²) in [5, 5.41) is 0. The fourth-order valence-corrected chi connectivity index (χ4v) is 1.89. The van der Waals surface area contributed by atoms with Crippen LogP contribution >= 0.6 is 0 Å². The molecule has 0 aromatic heterocycles. The molecule has 0 aliphatic heterocycles. The van der Waals surface area contributed by atoms with Gasteiger partial charge in [0.05, 0.1) is 0 Å². The Labute approximate surface area is 130 Å². The summed E-state index contributed by atoms with van der Waals surface area (Å²) >= 11 is 0. The number of aryl methyl sites for hydroxylation is 1. The van der Waals surface area contributed by atoms with Crippen LogP contribution in [0, 0.1) is 6.92 Å². The van der Waals surface area contributed by atoms with Crippen molar-refractivity contribution in [1.82, 2.24) is 0 Å². The Morgan fingerprint density at radius 3 is 2.64 bits per heavy atom. The maximum atomic E-state index is 10.9. The van der Waals surface area contributed by atoms with E-state index in [2.05, 4.69) is 24.0 Å². The molecule has 0 aliphatic carbocycles. The number of carbonyl (C=O) groups is 1. The number of amides is 1. The Morgan fingerprint density at radius 1 is 1.27 bits per heavy atom. The number of primary amides is 1. The van der Waals surface area contributed by atoms with Gasteiger partial charge in [-0.1, -0.05) is 29.8 Å². The van der Waals surface area contributed by atoms with E-state index in [-0.39, 0.29) is 0 Å². The van der Waals surface area contributed by atoms with Crippen LogP contribution in [0.2, 0.25) is 0 Å². The van der Waals surface area contributed by atoms with Crippen molar-refractivity contribution >= 4 is 12.1 Å². The molecule has 2 rings (SSSR count). The van der Waals surface area contributed by atoms with Crippen LogP contribution in [0.15, 0.2) is 53.5 Å². The summed E-state index contributed by atoms with van der Waals surface area (Å²) in [4.78, 5) is 15.0. The van der Waals surface area contributed by atoms with Gasteiger partial charge >= 0.3 is 0 Å². The monoisotopic (exact) mass is 296 g/mol.